The van der Waals surface area contributed by atoms with E-state index in [-0.39, 0.29) is 52.9 Å². The van der Waals surface area contributed by atoms with Crippen molar-refractivity contribution in [1.82, 2.24) is 0 Å². The number of carbonyl (C=O) groups excluding carboxylic acids is 4. The lowest BCUT2D eigenvalue weighted by Crippen LogP contribution is -2.30. The molecule has 0 amide bonds. The molecule has 0 fully saturated rings. The van der Waals surface area contributed by atoms with Crippen LogP contribution in [0.15, 0.2) is 6.07 Å². The molecule has 0 aromatic heterocycles. The predicted octanol–water partition coefficient (Wildman–Crippen LogP) is 8.57. The summed E-state index contributed by atoms with van der Waals surface area (Å²) in [5.41, 5.74) is 5.65. The first-order chi connectivity index (χ1) is 18.2. The molecule has 39 heavy (non-hydrogen) atoms. The summed E-state index contributed by atoms with van der Waals surface area (Å²) < 4.78 is 0. The molecule has 0 saturated heterocycles. The molecule has 4 heteroatoms. The van der Waals surface area contributed by atoms with Gasteiger partial charge in [-0.25, -0.2) is 0 Å². The van der Waals surface area contributed by atoms with Crippen molar-refractivity contribution in [1.29, 1.82) is 0 Å². The van der Waals surface area contributed by atoms with Crippen LogP contribution in [0.2, 0.25) is 0 Å². The number of benzene rings is 1. The van der Waals surface area contributed by atoms with Gasteiger partial charge in [0.2, 0.25) is 0 Å². The van der Waals surface area contributed by atoms with Crippen molar-refractivity contribution in [3.63, 3.8) is 0 Å². The van der Waals surface area contributed by atoms with Crippen LogP contribution in [0.4, 0.5) is 0 Å². The van der Waals surface area contributed by atoms with E-state index < -0.39 is 0 Å². The number of aryl methyl sites for hydroxylation is 1. The number of fused-ring (bicyclic) bond motifs is 1. The minimum Gasteiger partial charge on any atom is -0.300 e. The number of Topliss-reactive ketones (excluding diaryl/α,β-unsaturated/α-hetero) is 4. The fraction of sp³-hybridized carbons (Fsp3) is 0.714. The van der Waals surface area contributed by atoms with Crippen molar-refractivity contribution >= 4 is 23.1 Å². The van der Waals surface area contributed by atoms with Gasteiger partial charge in [-0.3, -0.25) is 19.2 Å². The number of rotatable bonds is 15. The van der Waals surface area contributed by atoms with E-state index in [1.54, 1.807) is 0 Å². The lowest BCUT2D eigenvalue weighted by atomic mass is 9.70. The molecule has 2 rings (SSSR count). The highest BCUT2D eigenvalue weighted by Gasteiger charge is 2.34. The minimum absolute atomic E-state index is 0.0172. The van der Waals surface area contributed by atoms with Crippen molar-refractivity contribution in [3.05, 3.63) is 33.9 Å². The second-order valence-corrected chi connectivity index (χ2v) is 13.7. The normalized spacial score (nSPS) is 17.2. The summed E-state index contributed by atoms with van der Waals surface area (Å²) in [6, 6.07) is 2.26. The molecule has 218 valence electrons. The van der Waals surface area contributed by atoms with E-state index in [1.807, 2.05) is 6.92 Å². The maximum Gasteiger partial charge on any atom is 0.163 e. The third kappa shape index (κ3) is 9.50. The monoisotopic (exact) mass is 538 g/mol. The highest BCUT2D eigenvalue weighted by Crippen LogP contribution is 2.40. The molecular formula is C35H54O4. The van der Waals surface area contributed by atoms with Crippen molar-refractivity contribution in [2.75, 3.05) is 0 Å². The highest BCUT2D eigenvalue weighted by atomic mass is 16.1. The standard InChI is InChI=1S/C35H54O4/c1-10-12-27(29(11-2)32(38)17-23(5)36)18-25-19-31-30(22(3)4)21-26(24(6)34(31)33(39)20-25)13-14-28(37)15-16-35(7,8)9/h21-22,25,27,29H,10-20H2,1-9H3. The van der Waals surface area contributed by atoms with Gasteiger partial charge >= 0.3 is 0 Å². The van der Waals surface area contributed by atoms with Gasteiger partial charge in [-0.05, 0) is 91.4 Å². The Morgan fingerprint density at radius 3 is 2.26 bits per heavy atom. The Morgan fingerprint density at radius 2 is 1.72 bits per heavy atom. The fourth-order valence-electron chi connectivity index (χ4n) is 6.57. The molecule has 1 aliphatic rings. The van der Waals surface area contributed by atoms with Crippen molar-refractivity contribution in [2.24, 2.45) is 23.2 Å². The third-order valence-electron chi connectivity index (χ3n) is 8.67. The average Bonchev–Trinajstić information content (AvgIpc) is 2.81. The summed E-state index contributed by atoms with van der Waals surface area (Å²) in [5, 5.41) is 0. The predicted molar refractivity (Wildman–Crippen MR) is 161 cm³/mol. The minimum atomic E-state index is -0.116. The van der Waals surface area contributed by atoms with Crippen LogP contribution < -0.4 is 0 Å². The van der Waals surface area contributed by atoms with E-state index in [1.165, 1.54) is 18.1 Å². The second kappa shape index (κ2) is 14.5. The molecule has 0 radical (unpaired) electrons. The highest BCUT2D eigenvalue weighted by molar-refractivity contribution is 6.01. The smallest absolute Gasteiger partial charge is 0.163 e. The van der Waals surface area contributed by atoms with Crippen LogP contribution in [0.1, 0.15) is 152 Å². The average molecular weight is 539 g/mol. The Bertz CT molecular complexity index is 1040. The van der Waals surface area contributed by atoms with Gasteiger partial charge in [-0.15, -0.1) is 0 Å². The Hall–Kier alpha value is -2.10. The summed E-state index contributed by atoms with van der Waals surface area (Å²) in [4.78, 5) is 50.9. The molecule has 0 N–H and O–H groups in total. The zero-order valence-electron chi connectivity index (χ0n) is 26.3. The Labute approximate surface area is 238 Å². The summed E-state index contributed by atoms with van der Waals surface area (Å²) >= 11 is 0. The largest absolute Gasteiger partial charge is 0.300 e. The molecule has 1 aromatic carbocycles. The number of carbonyl (C=O) groups is 4. The van der Waals surface area contributed by atoms with E-state index in [9.17, 15) is 19.2 Å². The second-order valence-electron chi connectivity index (χ2n) is 13.7. The molecule has 0 saturated carbocycles. The topological polar surface area (TPSA) is 68.3 Å². The Morgan fingerprint density at radius 1 is 1.05 bits per heavy atom. The maximum atomic E-state index is 13.7. The maximum absolute atomic E-state index is 13.7. The summed E-state index contributed by atoms with van der Waals surface area (Å²) in [6.07, 6.45) is 7.62. The van der Waals surface area contributed by atoms with E-state index in [4.69, 9.17) is 0 Å². The first-order valence-electron chi connectivity index (χ1n) is 15.4. The summed E-state index contributed by atoms with van der Waals surface area (Å²) in [7, 11) is 0. The number of ketones is 4. The molecule has 3 unspecified atom stereocenters. The quantitative estimate of drug-likeness (QED) is 0.210. The van der Waals surface area contributed by atoms with Crippen LogP contribution in [-0.2, 0) is 27.2 Å². The third-order valence-corrected chi connectivity index (χ3v) is 8.67. The molecule has 4 nitrogen and oxygen atoms in total. The van der Waals surface area contributed by atoms with Crippen LogP contribution >= 0.6 is 0 Å². The van der Waals surface area contributed by atoms with Crippen molar-refractivity contribution in [3.8, 4) is 0 Å². The van der Waals surface area contributed by atoms with Crippen LogP contribution in [0.3, 0.4) is 0 Å². The van der Waals surface area contributed by atoms with Gasteiger partial charge in [-0.2, -0.15) is 0 Å². The van der Waals surface area contributed by atoms with Crippen LogP contribution in [-0.4, -0.2) is 23.1 Å². The van der Waals surface area contributed by atoms with E-state index in [2.05, 4.69) is 54.5 Å². The van der Waals surface area contributed by atoms with Crippen LogP contribution in [0, 0.1) is 30.1 Å². The molecule has 0 bridgehead atoms. The SMILES string of the molecule is CCCC(CC1CC(=O)c2c(C)c(CCC(=O)CCC(C)(C)C)cc(C(C)C)c2C1)C(CC)C(=O)CC(C)=O. The van der Waals surface area contributed by atoms with Crippen LogP contribution in [0.5, 0.6) is 0 Å². The summed E-state index contributed by atoms with van der Waals surface area (Å²) in [5.74, 6) is 1.08. The molecular weight excluding hydrogens is 484 g/mol. The zero-order valence-corrected chi connectivity index (χ0v) is 26.3. The van der Waals surface area contributed by atoms with Crippen molar-refractivity contribution in [2.45, 2.75) is 139 Å². The van der Waals surface area contributed by atoms with Gasteiger partial charge < -0.3 is 0 Å². The number of hydrogen-bond acceptors (Lipinski definition) is 4. The Kier molecular flexibility index (Phi) is 12.3. The molecule has 0 spiro atoms. The summed E-state index contributed by atoms with van der Waals surface area (Å²) in [6.45, 7) is 18.6. The van der Waals surface area contributed by atoms with Gasteiger partial charge in [0.15, 0.2) is 5.78 Å². The van der Waals surface area contributed by atoms with Crippen molar-refractivity contribution < 1.29 is 19.2 Å². The van der Waals surface area contributed by atoms with E-state index in [0.29, 0.717) is 31.5 Å². The van der Waals surface area contributed by atoms with Crippen LogP contribution in [0.25, 0.3) is 0 Å². The zero-order chi connectivity index (χ0) is 29.5. The fourth-order valence-corrected chi connectivity index (χ4v) is 6.57. The Balaban J connectivity index is 2.30. The molecule has 1 aromatic rings. The lowest BCUT2D eigenvalue weighted by Gasteiger charge is -2.33. The molecule has 0 heterocycles. The number of hydrogen-bond donors (Lipinski definition) is 0. The van der Waals surface area contributed by atoms with Gasteiger partial charge in [0, 0.05) is 30.7 Å². The lowest BCUT2D eigenvalue weighted by molar-refractivity contribution is -0.130. The first kappa shape index (κ1) is 33.1. The van der Waals surface area contributed by atoms with Gasteiger partial charge in [0.05, 0.1) is 6.42 Å². The van der Waals surface area contributed by atoms with Gasteiger partial charge in [0.25, 0.3) is 0 Å². The first-order valence-corrected chi connectivity index (χ1v) is 15.4. The molecule has 3 atom stereocenters. The molecule has 1 aliphatic carbocycles. The van der Waals surface area contributed by atoms with Gasteiger partial charge in [0.1, 0.15) is 17.3 Å². The molecule has 0 aliphatic heterocycles. The van der Waals surface area contributed by atoms with Gasteiger partial charge in [-0.1, -0.05) is 67.4 Å². The van der Waals surface area contributed by atoms with E-state index >= 15 is 0 Å². The van der Waals surface area contributed by atoms with E-state index in [0.717, 1.165) is 55.2 Å².